The lowest BCUT2D eigenvalue weighted by Gasteiger charge is -2.19. The summed E-state index contributed by atoms with van der Waals surface area (Å²) in [6, 6.07) is 6.34. The predicted molar refractivity (Wildman–Crippen MR) is 77.6 cm³/mol. The van der Waals surface area contributed by atoms with E-state index in [0.29, 0.717) is 17.9 Å². The minimum Gasteiger partial charge on any atom is -0.409 e. The van der Waals surface area contributed by atoms with Crippen LogP contribution in [0.15, 0.2) is 29.4 Å². The van der Waals surface area contributed by atoms with E-state index in [1.807, 2.05) is 6.92 Å². The van der Waals surface area contributed by atoms with Crippen LogP contribution in [0.3, 0.4) is 0 Å². The molecule has 0 bridgehead atoms. The number of nitrogens with zero attached hydrogens (tertiary/aromatic N) is 2. The van der Waals surface area contributed by atoms with Gasteiger partial charge in [-0.3, -0.25) is 4.31 Å². The van der Waals surface area contributed by atoms with Crippen molar-refractivity contribution < 1.29 is 18.4 Å². The van der Waals surface area contributed by atoms with Crippen molar-refractivity contribution in [2.45, 2.75) is 6.92 Å². The smallest absolute Gasteiger partial charge is 0.237 e. The lowest BCUT2D eigenvalue weighted by Crippen LogP contribution is -2.30. The molecule has 0 unspecified atom stereocenters. The van der Waals surface area contributed by atoms with Gasteiger partial charge in [-0.1, -0.05) is 5.16 Å². The molecule has 0 saturated carbocycles. The number of hydrogen-bond donors (Lipinski definition) is 2. The molecule has 8 heteroatoms. The molecule has 0 radical (unpaired) electrons. The Kier molecular flexibility index (Phi) is 5.78. The zero-order valence-electron chi connectivity index (χ0n) is 11.5. The molecule has 0 spiro atoms. The van der Waals surface area contributed by atoms with Gasteiger partial charge in [-0.2, -0.15) is 0 Å². The monoisotopic (exact) mass is 301 g/mol. The highest BCUT2D eigenvalue weighted by atomic mass is 32.2. The average molecular weight is 301 g/mol. The fraction of sp³-hybridized carbons (Fsp3) is 0.417. The van der Waals surface area contributed by atoms with Gasteiger partial charge in [0.25, 0.3) is 0 Å². The molecular weight excluding hydrogens is 282 g/mol. The van der Waals surface area contributed by atoms with E-state index in [2.05, 4.69) is 5.16 Å². The Hall–Kier alpha value is -1.80. The van der Waals surface area contributed by atoms with Crippen molar-refractivity contribution in [1.29, 1.82) is 0 Å². The van der Waals surface area contributed by atoms with Gasteiger partial charge in [-0.25, -0.2) is 8.42 Å². The second-order valence-corrected chi connectivity index (χ2v) is 6.13. The lowest BCUT2D eigenvalue weighted by molar-refractivity contribution is 0.163. The standard InChI is InChI=1S/C12H19N3O4S/c1-3-19-8-9-20(17,18)15(2)11-6-4-10(5-7-11)12(13)14-16/h4-7,16H,3,8-9H2,1-2H3,(H2,13,14). The fourth-order valence-electron chi connectivity index (χ4n) is 1.51. The molecule has 0 heterocycles. The largest absolute Gasteiger partial charge is 0.409 e. The zero-order chi connectivity index (χ0) is 15.2. The zero-order valence-corrected chi connectivity index (χ0v) is 12.3. The van der Waals surface area contributed by atoms with Gasteiger partial charge in [0.2, 0.25) is 10.0 Å². The maximum atomic E-state index is 12.0. The molecule has 0 fully saturated rings. The van der Waals surface area contributed by atoms with Crippen LogP contribution in [0.1, 0.15) is 12.5 Å². The van der Waals surface area contributed by atoms with Crippen molar-refractivity contribution in [3.05, 3.63) is 29.8 Å². The van der Waals surface area contributed by atoms with E-state index in [0.717, 1.165) is 0 Å². The molecule has 0 aliphatic rings. The highest BCUT2D eigenvalue weighted by Gasteiger charge is 2.18. The second kappa shape index (κ2) is 7.11. The Morgan fingerprint density at radius 3 is 2.50 bits per heavy atom. The first-order chi connectivity index (χ1) is 9.42. The summed E-state index contributed by atoms with van der Waals surface area (Å²) in [4.78, 5) is 0. The molecule has 0 saturated heterocycles. The van der Waals surface area contributed by atoms with E-state index < -0.39 is 10.0 Å². The van der Waals surface area contributed by atoms with Crippen LogP contribution in [0.5, 0.6) is 0 Å². The molecular formula is C12H19N3O4S. The molecule has 1 aromatic carbocycles. The van der Waals surface area contributed by atoms with Crippen molar-refractivity contribution >= 4 is 21.5 Å². The maximum Gasteiger partial charge on any atom is 0.237 e. The third kappa shape index (κ3) is 4.10. The molecule has 0 aromatic heterocycles. The van der Waals surface area contributed by atoms with Crippen molar-refractivity contribution in [1.82, 2.24) is 0 Å². The van der Waals surface area contributed by atoms with Crippen LogP contribution >= 0.6 is 0 Å². The first-order valence-electron chi connectivity index (χ1n) is 6.04. The molecule has 0 aliphatic heterocycles. The van der Waals surface area contributed by atoms with Crippen LogP contribution in [0, 0.1) is 0 Å². The third-order valence-electron chi connectivity index (χ3n) is 2.74. The van der Waals surface area contributed by atoms with Gasteiger partial charge in [-0.05, 0) is 31.2 Å². The van der Waals surface area contributed by atoms with Gasteiger partial charge >= 0.3 is 0 Å². The van der Waals surface area contributed by atoms with Crippen LogP contribution in [-0.4, -0.2) is 45.5 Å². The van der Waals surface area contributed by atoms with Crippen molar-refractivity contribution in [2.24, 2.45) is 10.9 Å². The van der Waals surface area contributed by atoms with E-state index in [1.165, 1.54) is 11.4 Å². The number of ether oxygens (including phenoxy) is 1. The van der Waals surface area contributed by atoms with E-state index in [4.69, 9.17) is 15.7 Å². The van der Waals surface area contributed by atoms with Crippen LogP contribution in [0.25, 0.3) is 0 Å². The maximum absolute atomic E-state index is 12.0. The van der Waals surface area contributed by atoms with E-state index >= 15 is 0 Å². The first-order valence-corrected chi connectivity index (χ1v) is 7.65. The molecule has 7 nitrogen and oxygen atoms in total. The van der Waals surface area contributed by atoms with Gasteiger partial charge in [-0.15, -0.1) is 0 Å². The first kappa shape index (κ1) is 16.3. The Morgan fingerprint density at radius 1 is 1.40 bits per heavy atom. The van der Waals surface area contributed by atoms with Crippen molar-refractivity contribution in [3.63, 3.8) is 0 Å². The van der Waals surface area contributed by atoms with E-state index in [-0.39, 0.29) is 18.2 Å². The highest BCUT2D eigenvalue weighted by molar-refractivity contribution is 7.92. The van der Waals surface area contributed by atoms with Gasteiger partial charge in [0.15, 0.2) is 5.84 Å². The number of amidine groups is 1. The number of oxime groups is 1. The fourth-order valence-corrected chi connectivity index (χ4v) is 2.55. The normalized spacial score (nSPS) is 12.4. The number of sulfonamides is 1. The highest BCUT2D eigenvalue weighted by Crippen LogP contribution is 2.17. The van der Waals surface area contributed by atoms with Crippen molar-refractivity contribution in [2.75, 3.05) is 30.3 Å². The summed E-state index contributed by atoms with van der Waals surface area (Å²) in [6.45, 7) is 2.45. The second-order valence-electron chi connectivity index (χ2n) is 4.01. The van der Waals surface area contributed by atoms with Gasteiger partial charge < -0.3 is 15.7 Å². The number of rotatable bonds is 7. The van der Waals surface area contributed by atoms with Crippen LogP contribution in [0.2, 0.25) is 0 Å². The Labute approximate surface area is 118 Å². The van der Waals surface area contributed by atoms with Crippen LogP contribution < -0.4 is 10.0 Å². The van der Waals surface area contributed by atoms with E-state index in [9.17, 15) is 8.42 Å². The Morgan fingerprint density at radius 2 is 2.00 bits per heavy atom. The summed E-state index contributed by atoms with van der Waals surface area (Å²) in [7, 11) is -1.95. The number of benzene rings is 1. The number of nitrogens with two attached hydrogens (primary N) is 1. The SMILES string of the molecule is CCOCCS(=O)(=O)N(C)c1ccc(C(N)=NO)cc1. The van der Waals surface area contributed by atoms with E-state index in [1.54, 1.807) is 24.3 Å². The molecule has 112 valence electrons. The molecule has 1 aromatic rings. The topological polar surface area (TPSA) is 105 Å². The molecule has 3 N–H and O–H groups in total. The molecule has 0 aliphatic carbocycles. The van der Waals surface area contributed by atoms with Gasteiger partial charge in [0.1, 0.15) is 0 Å². The van der Waals surface area contributed by atoms with Gasteiger partial charge in [0, 0.05) is 19.2 Å². The Balaban J connectivity index is 2.84. The number of hydrogen-bond acceptors (Lipinski definition) is 5. The Bertz CT molecular complexity index is 555. The summed E-state index contributed by atoms with van der Waals surface area (Å²) in [6.07, 6.45) is 0. The quantitative estimate of drug-likeness (QED) is 0.252. The summed E-state index contributed by atoms with van der Waals surface area (Å²) >= 11 is 0. The van der Waals surface area contributed by atoms with Crippen molar-refractivity contribution in [3.8, 4) is 0 Å². The summed E-state index contributed by atoms with van der Waals surface area (Å²) < 4.78 is 30.3. The molecule has 1 rings (SSSR count). The van der Waals surface area contributed by atoms with Gasteiger partial charge in [0.05, 0.1) is 18.0 Å². The molecule has 0 amide bonds. The minimum absolute atomic E-state index is 0.0293. The molecule has 20 heavy (non-hydrogen) atoms. The average Bonchev–Trinajstić information content (AvgIpc) is 2.46. The molecule has 0 atom stereocenters. The van der Waals surface area contributed by atoms with Crippen LogP contribution in [-0.2, 0) is 14.8 Å². The third-order valence-corrected chi connectivity index (χ3v) is 4.47. The predicted octanol–water partition coefficient (Wildman–Crippen LogP) is 0.584. The number of anilines is 1. The lowest BCUT2D eigenvalue weighted by atomic mass is 10.2. The summed E-state index contributed by atoms with van der Waals surface area (Å²) in [5.41, 5.74) is 6.45. The summed E-state index contributed by atoms with van der Waals surface area (Å²) in [5.74, 6) is -0.113. The summed E-state index contributed by atoms with van der Waals surface area (Å²) in [5, 5.41) is 11.4. The minimum atomic E-state index is -3.43. The van der Waals surface area contributed by atoms with Crippen LogP contribution in [0.4, 0.5) is 5.69 Å².